The van der Waals surface area contributed by atoms with Gasteiger partial charge in [0.25, 0.3) is 0 Å². The van der Waals surface area contributed by atoms with Crippen LogP contribution in [-0.2, 0) is 4.74 Å². The monoisotopic (exact) mass is 320 g/mol. The predicted octanol–water partition coefficient (Wildman–Crippen LogP) is 2.18. The first-order valence-corrected chi connectivity index (χ1v) is 8.71. The van der Waals surface area contributed by atoms with Crippen molar-refractivity contribution in [3.63, 3.8) is 0 Å². The van der Waals surface area contributed by atoms with Gasteiger partial charge in [-0.25, -0.2) is 4.98 Å². The van der Waals surface area contributed by atoms with Crippen LogP contribution in [0.2, 0.25) is 0 Å². The normalized spacial score (nSPS) is 21.8. The Morgan fingerprint density at radius 1 is 1.26 bits per heavy atom. The van der Waals surface area contributed by atoms with Crippen molar-refractivity contribution in [2.24, 2.45) is 5.41 Å². The summed E-state index contributed by atoms with van der Waals surface area (Å²) in [6, 6.07) is 1.77. The summed E-state index contributed by atoms with van der Waals surface area (Å²) in [5, 5.41) is 3.46. The highest BCUT2D eigenvalue weighted by molar-refractivity contribution is 5.28. The maximum Gasteiger partial charge on any atom is 0.225 e. The molecule has 0 unspecified atom stereocenters. The van der Waals surface area contributed by atoms with Crippen LogP contribution in [0.3, 0.4) is 0 Å². The molecular weight excluding hydrogens is 292 g/mol. The van der Waals surface area contributed by atoms with Crippen molar-refractivity contribution in [2.45, 2.75) is 32.1 Å². The first-order chi connectivity index (χ1) is 11.3. The van der Waals surface area contributed by atoms with Crippen LogP contribution in [0.5, 0.6) is 5.88 Å². The minimum absolute atomic E-state index is 0.321. The molecule has 1 aromatic heterocycles. The summed E-state index contributed by atoms with van der Waals surface area (Å²) in [6.45, 7) is 5.91. The minimum atomic E-state index is 0.321. The Labute approximate surface area is 138 Å². The van der Waals surface area contributed by atoms with Crippen LogP contribution < -0.4 is 10.1 Å². The van der Waals surface area contributed by atoms with Gasteiger partial charge in [0.05, 0.1) is 20.3 Å². The van der Waals surface area contributed by atoms with E-state index in [1.54, 1.807) is 19.4 Å². The standard InChI is InChI=1S/C17H28N4O2/c1-22-15-5-8-18-16(20-15)19-13-17(6-3-2-4-7-17)14-21-9-11-23-12-10-21/h5,8H,2-4,6-7,9-14H2,1H3,(H,18,19,20). The second-order valence-corrected chi connectivity index (χ2v) is 6.73. The zero-order chi connectivity index (χ0) is 16.0. The number of hydrogen-bond acceptors (Lipinski definition) is 6. The molecule has 6 nitrogen and oxygen atoms in total. The first-order valence-electron chi connectivity index (χ1n) is 8.71. The molecule has 0 radical (unpaired) electrons. The molecule has 0 bridgehead atoms. The van der Waals surface area contributed by atoms with Gasteiger partial charge >= 0.3 is 0 Å². The number of nitrogens with one attached hydrogen (secondary N) is 1. The molecule has 1 N–H and O–H groups in total. The lowest BCUT2D eigenvalue weighted by atomic mass is 9.73. The van der Waals surface area contributed by atoms with E-state index in [4.69, 9.17) is 9.47 Å². The molecule has 0 aromatic carbocycles. The van der Waals surface area contributed by atoms with Gasteiger partial charge in [0, 0.05) is 43.9 Å². The summed E-state index contributed by atoms with van der Waals surface area (Å²) in [4.78, 5) is 11.2. The number of hydrogen-bond donors (Lipinski definition) is 1. The third-order valence-electron chi connectivity index (χ3n) is 5.04. The molecule has 128 valence electrons. The van der Waals surface area contributed by atoms with E-state index >= 15 is 0 Å². The third-order valence-corrected chi connectivity index (χ3v) is 5.04. The van der Waals surface area contributed by atoms with Gasteiger partial charge in [-0.05, 0) is 12.8 Å². The summed E-state index contributed by atoms with van der Waals surface area (Å²) in [5.41, 5.74) is 0.321. The Kier molecular flexibility index (Phi) is 5.67. The Morgan fingerprint density at radius 2 is 2.04 bits per heavy atom. The van der Waals surface area contributed by atoms with Crippen molar-refractivity contribution in [3.8, 4) is 5.88 Å². The van der Waals surface area contributed by atoms with Crippen molar-refractivity contribution >= 4 is 5.95 Å². The van der Waals surface area contributed by atoms with E-state index in [9.17, 15) is 0 Å². The molecule has 0 spiro atoms. The smallest absolute Gasteiger partial charge is 0.225 e. The fourth-order valence-corrected chi connectivity index (χ4v) is 3.73. The number of nitrogens with zero attached hydrogens (tertiary/aromatic N) is 3. The lowest BCUT2D eigenvalue weighted by molar-refractivity contribution is 0.0102. The van der Waals surface area contributed by atoms with Crippen LogP contribution in [0.1, 0.15) is 32.1 Å². The Bertz CT molecular complexity index is 485. The average molecular weight is 320 g/mol. The van der Waals surface area contributed by atoms with Gasteiger partial charge in [0.15, 0.2) is 0 Å². The van der Waals surface area contributed by atoms with E-state index in [-0.39, 0.29) is 0 Å². The van der Waals surface area contributed by atoms with Gasteiger partial charge in [-0.15, -0.1) is 0 Å². The van der Waals surface area contributed by atoms with E-state index in [1.165, 1.54) is 32.1 Å². The molecule has 2 heterocycles. The lowest BCUT2D eigenvalue weighted by Gasteiger charge is -2.42. The molecule has 2 fully saturated rings. The van der Waals surface area contributed by atoms with Gasteiger partial charge in [-0.3, -0.25) is 4.90 Å². The highest BCUT2D eigenvalue weighted by Crippen LogP contribution is 2.37. The maximum absolute atomic E-state index is 5.49. The molecule has 1 saturated carbocycles. The van der Waals surface area contributed by atoms with Gasteiger partial charge in [0.2, 0.25) is 11.8 Å². The largest absolute Gasteiger partial charge is 0.481 e. The summed E-state index contributed by atoms with van der Waals surface area (Å²) >= 11 is 0. The van der Waals surface area contributed by atoms with Crippen molar-refractivity contribution in [1.29, 1.82) is 0 Å². The second-order valence-electron chi connectivity index (χ2n) is 6.73. The molecule has 0 amide bonds. The van der Waals surface area contributed by atoms with Crippen molar-refractivity contribution in [1.82, 2.24) is 14.9 Å². The first kappa shape index (κ1) is 16.5. The topological polar surface area (TPSA) is 59.5 Å². The molecule has 6 heteroatoms. The van der Waals surface area contributed by atoms with E-state index in [0.29, 0.717) is 17.2 Å². The minimum Gasteiger partial charge on any atom is -0.481 e. The molecule has 1 aliphatic heterocycles. The van der Waals surface area contributed by atoms with Gasteiger partial charge in [-0.1, -0.05) is 19.3 Å². The summed E-state index contributed by atoms with van der Waals surface area (Å²) in [5.74, 6) is 1.27. The number of rotatable bonds is 6. The molecule has 23 heavy (non-hydrogen) atoms. The Balaban J connectivity index is 1.63. The van der Waals surface area contributed by atoms with Gasteiger partial charge < -0.3 is 14.8 Å². The second kappa shape index (κ2) is 7.93. The number of anilines is 1. The molecule has 2 aliphatic rings. The van der Waals surface area contributed by atoms with Crippen LogP contribution in [0.25, 0.3) is 0 Å². The van der Waals surface area contributed by atoms with Crippen LogP contribution in [-0.4, -0.2) is 61.4 Å². The van der Waals surface area contributed by atoms with Crippen LogP contribution in [0, 0.1) is 5.41 Å². The molecule has 1 saturated heterocycles. The van der Waals surface area contributed by atoms with Crippen molar-refractivity contribution in [2.75, 3.05) is 51.8 Å². The highest BCUT2D eigenvalue weighted by atomic mass is 16.5. The number of ether oxygens (including phenoxy) is 2. The Hall–Kier alpha value is -1.40. The molecule has 1 aromatic rings. The van der Waals surface area contributed by atoms with Gasteiger partial charge in [0.1, 0.15) is 0 Å². The lowest BCUT2D eigenvalue weighted by Crippen LogP contribution is -2.47. The van der Waals surface area contributed by atoms with Crippen molar-refractivity contribution in [3.05, 3.63) is 12.3 Å². The average Bonchev–Trinajstić information content (AvgIpc) is 2.62. The van der Waals surface area contributed by atoms with Crippen LogP contribution in [0.4, 0.5) is 5.95 Å². The zero-order valence-electron chi connectivity index (χ0n) is 14.1. The molecular formula is C17H28N4O2. The van der Waals surface area contributed by atoms with E-state index in [1.807, 2.05) is 0 Å². The summed E-state index contributed by atoms with van der Waals surface area (Å²) in [7, 11) is 1.63. The SMILES string of the molecule is COc1ccnc(NCC2(CN3CCOCC3)CCCCC2)n1. The van der Waals surface area contributed by atoms with E-state index in [2.05, 4.69) is 20.2 Å². The fourth-order valence-electron chi connectivity index (χ4n) is 3.73. The summed E-state index contributed by atoms with van der Waals surface area (Å²) < 4.78 is 10.7. The van der Waals surface area contributed by atoms with E-state index < -0.39 is 0 Å². The maximum atomic E-state index is 5.49. The number of methoxy groups -OCH3 is 1. The zero-order valence-corrected chi connectivity index (χ0v) is 14.1. The third kappa shape index (κ3) is 4.54. The number of aromatic nitrogens is 2. The number of morpholine rings is 1. The Morgan fingerprint density at radius 3 is 2.78 bits per heavy atom. The molecule has 0 atom stereocenters. The fraction of sp³-hybridized carbons (Fsp3) is 0.765. The van der Waals surface area contributed by atoms with E-state index in [0.717, 1.165) is 39.4 Å². The van der Waals surface area contributed by atoms with Crippen LogP contribution >= 0.6 is 0 Å². The molecule has 3 rings (SSSR count). The van der Waals surface area contributed by atoms with Gasteiger partial charge in [-0.2, -0.15) is 4.98 Å². The molecule has 1 aliphatic carbocycles. The summed E-state index contributed by atoms with van der Waals surface area (Å²) in [6.07, 6.45) is 8.31. The van der Waals surface area contributed by atoms with Crippen molar-refractivity contribution < 1.29 is 9.47 Å². The van der Waals surface area contributed by atoms with Crippen LogP contribution in [0.15, 0.2) is 12.3 Å². The quantitative estimate of drug-likeness (QED) is 0.867. The predicted molar refractivity (Wildman–Crippen MR) is 89.9 cm³/mol. The highest BCUT2D eigenvalue weighted by Gasteiger charge is 2.34.